The molecule has 1 amide bonds. The van der Waals surface area contributed by atoms with E-state index in [9.17, 15) is 18.7 Å². The van der Waals surface area contributed by atoms with Crippen LogP contribution in [0.1, 0.15) is 17.4 Å². The largest absolute Gasteiger partial charge is 0.508 e. The molecule has 7 nitrogen and oxygen atoms in total. The van der Waals surface area contributed by atoms with Crippen LogP contribution in [0.4, 0.5) is 8.78 Å². The monoisotopic (exact) mass is 436 g/mol. The first-order valence-electron chi connectivity index (χ1n) is 9.87. The Bertz CT molecular complexity index is 1270. The number of aromatic nitrogens is 3. The van der Waals surface area contributed by atoms with E-state index in [1.165, 1.54) is 22.9 Å². The summed E-state index contributed by atoms with van der Waals surface area (Å²) in [5.74, 6) is -0.976. The van der Waals surface area contributed by atoms with E-state index in [2.05, 4.69) is 10.1 Å². The van der Waals surface area contributed by atoms with Crippen LogP contribution in [0.15, 0.2) is 66.9 Å². The molecule has 0 aliphatic carbocycles. The number of hydrogen-bond donors (Lipinski definition) is 2. The van der Waals surface area contributed by atoms with E-state index in [0.717, 1.165) is 5.56 Å². The van der Waals surface area contributed by atoms with E-state index < -0.39 is 12.2 Å². The normalized spacial score (nSPS) is 16.1. The Morgan fingerprint density at radius 2 is 1.81 bits per heavy atom. The van der Waals surface area contributed by atoms with Crippen molar-refractivity contribution in [3.63, 3.8) is 0 Å². The quantitative estimate of drug-likeness (QED) is 0.497. The third-order valence-electron chi connectivity index (χ3n) is 5.26. The number of carbonyl (C=O) groups is 1. The standard InChI is InChI=1S/C23H18F2N4O3/c24-15-3-5-16(6-4-15)29-12-18(22(27-29)19-9-10-20(25)26-19)23-28(21(31)13-32-23)11-14-1-7-17(30)8-2-14/h1-10,12,23,26,30H,11,13H2/t23-/m1/s1. The van der Waals surface area contributed by atoms with Gasteiger partial charge >= 0.3 is 0 Å². The van der Waals surface area contributed by atoms with Crippen molar-refractivity contribution < 1.29 is 23.4 Å². The Hall–Kier alpha value is -3.98. The highest BCUT2D eigenvalue weighted by atomic mass is 19.1. The van der Waals surface area contributed by atoms with Gasteiger partial charge in [-0.3, -0.25) is 4.79 Å². The summed E-state index contributed by atoms with van der Waals surface area (Å²) in [6.07, 6.45) is 0.931. The van der Waals surface area contributed by atoms with Crippen molar-refractivity contribution in [3.05, 3.63) is 89.8 Å². The lowest BCUT2D eigenvalue weighted by Crippen LogP contribution is -2.28. The number of phenolic OH excluding ortho intramolecular Hbond substituents is 1. The summed E-state index contributed by atoms with van der Waals surface area (Å²) in [7, 11) is 0. The van der Waals surface area contributed by atoms with Crippen LogP contribution in [0.5, 0.6) is 5.75 Å². The molecule has 3 heterocycles. The number of aromatic amines is 1. The number of benzene rings is 2. The average molecular weight is 436 g/mol. The van der Waals surface area contributed by atoms with Gasteiger partial charge in [-0.05, 0) is 54.1 Å². The SMILES string of the molecule is O=C1CO[C@H](c2cn(-c3ccc(F)cc3)nc2-c2ccc(F)[nH]2)N1Cc1ccc(O)cc1. The van der Waals surface area contributed by atoms with Crippen LogP contribution in [0.3, 0.4) is 0 Å². The number of aromatic hydroxyl groups is 1. The molecule has 5 rings (SSSR count). The summed E-state index contributed by atoms with van der Waals surface area (Å²) in [5.41, 5.74) is 2.80. The molecule has 1 saturated heterocycles. The summed E-state index contributed by atoms with van der Waals surface area (Å²) < 4.78 is 34.4. The molecule has 0 saturated carbocycles. The van der Waals surface area contributed by atoms with Gasteiger partial charge in [0, 0.05) is 18.3 Å². The van der Waals surface area contributed by atoms with Crippen molar-refractivity contribution in [2.45, 2.75) is 12.8 Å². The lowest BCUT2D eigenvalue weighted by molar-refractivity contribution is -0.128. The number of carbonyl (C=O) groups excluding carboxylic acids is 1. The Kier molecular flexibility index (Phi) is 4.95. The third-order valence-corrected chi connectivity index (χ3v) is 5.26. The highest BCUT2D eigenvalue weighted by Gasteiger charge is 2.36. The Balaban J connectivity index is 1.56. The van der Waals surface area contributed by atoms with Gasteiger partial charge in [-0.25, -0.2) is 9.07 Å². The van der Waals surface area contributed by atoms with Crippen LogP contribution < -0.4 is 0 Å². The Labute approximate surface area is 181 Å². The minimum Gasteiger partial charge on any atom is -0.508 e. The number of H-pyrrole nitrogens is 1. The smallest absolute Gasteiger partial charge is 0.251 e. The van der Waals surface area contributed by atoms with Gasteiger partial charge in [0.25, 0.3) is 5.91 Å². The third kappa shape index (κ3) is 3.74. The fourth-order valence-electron chi connectivity index (χ4n) is 3.69. The lowest BCUT2D eigenvalue weighted by Gasteiger charge is -2.23. The molecule has 9 heteroatoms. The number of nitrogens with zero attached hydrogens (tertiary/aromatic N) is 3. The predicted molar refractivity (Wildman–Crippen MR) is 111 cm³/mol. The van der Waals surface area contributed by atoms with Crippen LogP contribution >= 0.6 is 0 Å². The maximum atomic E-state index is 13.7. The van der Waals surface area contributed by atoms with Crippen LogP contribution in [0.25, 0.3) is 17.1 Å². The maximum absolute atomic E-state index is 13.7. The molecular formula is C23H18F2N4O3. The second-order valence-corrected chi connectivity index (χ2v) is 7.43. The van der Waals surface area contributed by atoms with E-state index in [0.29, 0.717) is 22.6 Å². The van der Waals surface area contributed by atoms with Crippen molar-refractivity contribution in [2.75, 3.05) is 6.61 Å². The van der Waals surface area contributed by atoms with Gasteiger partial charge in [0.05, 0.1) is 11.4 Å². The fourth-order valence-corrected chi connectivity index (χ4v) is 3.69. The predicted octanol–water partition coefficient (Wildman–Crippen LogP) is 3.91. The second-order valence-electron chi connectivity index (χ2n) is 7.43. The number of rotatable bonds is 5. The first kappa shape index (κ1) is 20.0. The van der Waals surface area contributed by atoms with Gasteiger partial charge < -0.3 is 19.7 Å². The zero-order chi connectivity index (χ0) is 22.2. The minimum absolute atomic E-state index is 0.108. The number of halogens is 2. The average Bonchev–Trinajstić information content (AvgIpc) is 3.49. The highest BCUT2D eigenvalue weighted by Crippen LogP contribution is 2.36. The number of phenols is 1. The van der Waals surface area contributed by atoms with Gasteiger partial charge in [0.15, 0.2) is 12.2 Å². The molecular weight excluding hydrogens is 418 g/mol. The van der Waals surface area contributed by atoms with E-state index in [-0.39, 0.29) is 30.6 Å². The van der Waals surface area contributed by atoms with Crippen LogP contribution in [-0.2, 0) is 16.1 Å². The van der Waals surface area contributed by atoms with Crippen molar-refractivity contribution in [1.29, 1.82) is 0 Å². The Morgan fingerprint density at radius 1 is 1.06 bits per heavy atom. The zero-order valence-corrected chi connectivity index (χ0v) is 16.7. The molecule has 4 aromatic rings. The molecule has 1 fully saturated rings. The van der Waals surface area contributed by atoms with Gasteiger partial charge in [0.1, 0.15) is 23.9 Å². The van der Waals surface area contributed by atoms with Crippen molar-refractivity contribution in [3.8, 4) is 22.8 Å². The number of hydrogen-bond acceptors (Lipinski definition) is 4. The molecule has 2 aromatic heterocycles. The highest BCUT2D eigenvalue weighted by molar-refractivity contribution is 5.80. The molecule has 1 aliphatic rings. The van der Waals surface area contributed by atoms with Gasteiger partial charge in [-0.2, -0.15) is 9.49 Å². The van der Waals surface area contributed by atoms with E-state index in [4.69, 9.17) is 4.74 Å². The van der Waals surface area contributed by atoms with Crippen LogP contribution in [-0.4, -0.2) is 37.3 Å². The molecule has 0 bridgehead atoms. The summed E-state index contributed by atoms with van der Waals surface area (Å²) in [6, 6.07) is 15.1. The van der Waals surface area contributed by atoms with Gasteiger partial charge in [-0.1, -0.05) is 12.1 Å². The fraction of sp³-hybridized carbons (Fsp3) is 0.130. The molecule has 2 aromatic carbocycles. The first-order chi connectivity index (χ1) is 15.5. The number of ether oxygens (including phenoxy) is 1. The second kappa shape index (κ2) is 7.93. The van der Waals surface area contributed by atoms with E-state index in [1.807, 2.05) is 0 Å². The van der Waals surface area contributed by atoms with Crippen LogP contribution in [0.2, 0.25) is 0 Å². The van der Waals surface area contributed by atoms with Gasteiger partial charge in [0.2, 0.25) is 0 Å². The van der Waals surface area contributed by atoms with Gasteiger partial charge in [-0.15, -0.1) is 0 Å². The van der Waals surface area contributed by atoms with Crippen molar-refractivity contribution in [1.82, 2.24) is 19.7 Å². The molecule has 0 spiro atoms. The molecule has 32 heavy (non-hydrogen) atoms. The summed E-state index contributed by atoms with van der Waals surface area (Å²) in [5, 5.41) is 14.1. The topological polar surface area (TPSA) is 83.4 Å². The lowest BCUT2D eigenvalue weighted by atomic mass is 10.1. The van der Waals surface area contributed by atoms with Crippen LogP contribution in [0, 0.1) is 11.8 Å². The molecule has 162 valence electrons. The molecule has 2 N–H and O–H groups in total. The molecule has 0 unspecified atom stereocenters. The van der Waals surface area contributed by atoms with Crippen molar-refractivity contribution in [2.24, 2.45) is 0 Å². The first-order valence-corrected chi connectivity index (χ1v) is 9.87. The van der Waals surface area contributed by atoms with E-state index in [1.54, 1.807) is 53.6 Å². The van der Waals surface area contributed by atoms with E-state index >= 15 is 0 Å². The minimum atomic E-state index is -0.758. The maximum Gasteiger partial charge on any atom is 0.251 e. The molecule has 1 aliphatic heterocycles. The molecule has 0 radical (unpaired) electrons. The zero-order valence-electron chi connectivity index (χ0n) is 16.7. The van der Waals surface area contributed by atoms with Crippen molar-refractivity contribution >= 4 is 5.91 Å². The molecule has 1 atom stereocenters. The summed E-state index contributed by atoms with van der Waals surface area (Å²) in [6.45, 7) is 0.146. The summed E-state index contributed by atoms with van der Waals surface area (Å²) >= 11 is 0. The Morgan fingerprint density at radius 3 is 2.50 bits per heavy atom. The summed E-state index contributed by atoms with van der Waals surface area (Å²) in [4.78, 5) is 16.8. The number of nitrogens with one attached hydrogen (secondary N) is 1. The number of amides is 1.